The summed E-state index contributed by atoms with van der Waals surface area (Å²) in [6, 6.07) is 2.49. The molecule has 64 heavy (non-hydrogen) atoms. The number of fused-ring (bicyclic) bond motifs is 4. The predicted molar refractivity (Wildman–Crippen MR) is 233 cm³/mol. The number of carbonyl (C=O) groups excluding carboxylic acids is 2. The van der Waals surface area contributed by atoms with Crippen LogP contribution in [0.3, 0.4) is 0 Å². The van der Waals surface area contributed by atoms with Crippen molar-refractivity contribution in [3.63, 3.8) is 0 Å². The van der Waals surface area contributed by atoms with E-state index in [-0.39, 0.29) is 52.5 Å². The van der Waals surface area contributed by atoms with E-state index in [1.165, 1.54) is 18.7 Å². The summed E-state index contributed by atoms with van der Waals surface area (Å²) in [5.74, 6) is 0.500. The summed E-state index contributed by atoms with van der Waals surface area (Å²) in [6.45, 7) is 21.8. The van der Waals surface area contributed by atoms with E-state index in [1.54, 1.807) is 15.9 Å². The van der Waals surface area contributed by atoms with Gasteiger partial charge in [0, 0.05) is 50.2 Å². The van der Waals surface area contributed by atoms with Crippen LogP contribution in [0.15, 0.2) is 24.8 Å². The number of carbonyl (C=O) groups is 2. The molecule has 4 aromatic rings. The zero-order chi connectivity index (χ0) is 46.3. The molecule has 9 rings (SSSR count). The Kier molecular flexibility index (Phi) is 11.5. The number of benzene rings is 2. The minimum atomic E-state index is -1.99. The van der Waals surface area contributed by atoms with E-state index in [2.05, 4.69) is 24.8 Å². The monoisotopic (exact) mass is 890 g/mol. The van der Waals surface area contributed by atoms with Crippen LogP contribution in [-0.4, -0.2) is 153 Å². The number of ether oxygens (including phenoxy) is 4. The van der Waals surface area contributed by atoms with E-state index in [0.29, 0.717) is 74.0 Å². The van der Waals surface area contributed by atoms with E-state index >= 15 is 4.39 Å². The number of aromatic nitrogens is 4. The molecule has 5 aliphatic rings. The predicted octanol–water partition coefficient (Wildman–Crippen LogP) is 3.15. The Bertz CT molecular complexity index is 2470. The molecule has 0 unspecified atom stereocenters. The van der Waals surface area contributed by atoms with Gasteiger partial charge in [0.15, 0.2) is 0 Å². The van der Waals surface area contributed by atoms with Crippen molar-refractivity contribution in [1.82, 2.24) is 29.7 Å². The third kappa shape index (κ3) is 8.52. The summed E-state index contributed by atoms with van der Waals surface area (Å²) < 4.78 is 65.9. The van der Waals surface area contributed by atoms with E-state index in [1.807, 2.05) is 74.1 Å². The molecule has 2 aromatic heterocycles. The first kappa shape index (κ1) is 45.3. The molecule has 0 saturated carbocycles. The average molecular weight is 891 g/mol. The Morgan fingerprint density at radius 3 is 1.59 bits per heavy atom. The second kappa shape index (κ2) is 16.3. The molecule has 0 radical (unpaired) electrons. The lowest BCUT2D eigenvalue weighted by Gasteiger charge is -2.41. The van der Waals surface area contributed by atoms with Crippen molar-refractivity contribution in [1.29, 1.82) is 0 Å². The number of halogens is 2. The topological polar surface area (TPSA) is 194 Å². The highest BCUT2D eigenvalue weighted by molar-refractivity contribution is 6.62. The number of anilines is 2. The van der Waals surface area contributed by atoms with Crippen LogP contribution in [0, 0.1) is 11.6 Å². The minimum absolute atomic E-state index is 0.0363. The summed E-state index contributed by atoms with van der Waals surface area (Å²) in [4.78, 5) is 49.5. The van der Waals surface area contributed by atoms with Crippen LogP contribution in [-0.2, 0) is 18.8 Å². The maximum atomic E-state index is 15.8. The van der Waals surface area contributed by atoms with E-state index < -0.39 is 54.4 Å². The molecule has 3 fully saturated rings. The van der Waals surface area contributed by atoms with Gasteiger partial charge < -0.3 is 57.9 Å². The van der Waals surface area contributed by atoms with Crippen molar-refractivity contribution in [3.8, 4) is 11.5 Å². The zero-order valence-electron chi connectivity index (χ0n) is 37.8. The molecule has 0 spiro atoms. The Morgan fingerprint density at radius 1 is 0.719 bits per heavy atom. The normalized spacial score (nSPS) is 21.1. The maximum absolute atomic E-state index is 15.8. The summed E-state index contributed by atoms with van der Waals surface area (Å²) in [6.07, 6.45) is 1.84. The van der Waals surface area contributed by atoms with Gasteiger partial charge in [-0.2, -0.15) is 0 Å². The molecule has 0 aliphatic carbocycles. The SMILES string of the molecule is CC(C)(C)OC(=O)N1CCN2c3ncnc4c(F)c(B(O)O)cc(c34)OC[C@@H]2C1.CC(C)(C)OC(=O)N1CCN2c3ncnc4c(F)c(B5OC(C)(C)C(C)(C)O5)cc(c34)OC[C@@H]2C1. The fourth-order valence-electron chi connectivity index (χ4n) is 8.27. The number of rotatable bonds is 2. The van der Waals surface area contributed by atoms with Gasteiger partial charge in [-0.3, -0.25) is 0 Å². The molecule has 342 valence electrons. The molecule has 18 nitrogen and oxygen atoms in total. The van der Waals surface area contributed by atoms with Gasteiger partial charge in [0.05, 0.1) is 34.1 Å². The highest BCUT2D eigenvalue weighted by Gasteiger charge is 2.53. The highest BCUT2D eigenvalue weighted by Crippen LogP contribution is 2.41. The second-order valence-electron chi connectivity index (χ2n) is 19.5. The molecule has 5 aliphatic heterocycles. The molecular formula is C42H54B2F2N8O10. The lowest BCUT2D eigenvalue weighted by Crippen LogP contribution is -2.57. The third-order valence-corrected chi connectivity index (χ3v) is 12.1. The van der Waals surface area contributed by atoms with Gasteiger partial charge in [0.25, 0.3) is 0 Å². The second-order valence-corrected chi connectivity index (χ2v) is 19.5. The first-order valence-electron chi connectivity index (χ1n) is 21.3. The first-order valence-corrected chi connectivity index (χ1v) is 21.3. The molecule has 2 N–H and O–H groups in total. The van der Waals surface area contributed by atoms with Crippen molar-refractivity contribution >= 4 is 70.8 Å². The van der Waals surface area contributed by atoms with E-state index in [9.17, 15) is 24.0 Å². The van der Waals surface area contributed by atoms with Gasteiger partial charge in [-0.25, -0.2) is 38.3 Å². The van der Waals surface area contributed by atoms with Crippen molar-refractivity contribution < 1.29 is 56.7 Å². The fraction of sp³-hybridized carbons (Fsp3) is 0.571. The first-order chi connectivity index (χ1) is 29.9. The summed E-state index contributed by atoms with van der Waals surface area (Å²) in [7, 11) is -2.89. The molecule has 22 heteroatoms. The number of hydrogen-bond donors (Lipinski definition) is 2. The molecule has 2 amide bonds. The molecule has 0 bridgehead atoms. The lowest BCUT2D eigenvalue weighted by molar-refractivity contribution is 0.00578. The summed E-state index contributed by atoms with van der Waals surface area (Å²) in [5, 5.41) is 19.9. The molecule has 3 saturated heterocycles. The van der Waals surface area contributed by atoms with Crippen molar-refractivity contribution in [2.45, 2.75) is 104 Å². The van der Waals surface area contributed by atoms with E-state index in [0.717, 1.165) is 0 Å². The van der Waals surface area contributed by atoms with Crippen molar-refractivity contribution in [3.05, 3.63) is 36.4 Å². The fourth-order valence-corrected chi connectivity index (χ4v) is 8.27. The van der Waals surface area contributed by atoms with Gasteiger partial charge in [0.2, 0.25) is 0 Å². The number of nitrogens with zero attached hydrogens (tertiary/aromatic N) is 8. The van der Waals surface area contributed by atoms with E-state index in [4.69, 9.17) is 28.3 Å². The Balaban J connectivity index is 0.000000178. The van der Waals surface area contributed by atoms with Crippen LogP contribution in [0.4, 0.5) is 30.0 Å². The molecule has 7 heterocycles. The quantitative estimate of drug-likeness (QED) is 0.279. The largest absolute Gasteiger partial charge is 0.498 e. The van der Waals surface area contributed by atoms with Crippen LogP contribution in [0.2, 0.25) is 0 Å². The van der Waals surface area contributed by atoms with Crippen molar-refractivity contribution in [2.75, 3.05) is 62.3 Å². The Hall–Kier alpha value is -5.31. The Morgan fingerprint density at radius 2 is 1.16 bits per heavy atom. The standard InChI is InChI=1S/C24H32BFN4O5.C18H22BFN4O5/c1-22(2,3)33-21(31)29-8-9-30-14(11-29)12-32-16-10-15(25-34-23(4,5)24(6,7)35-25)18(26)19-17(16)20(30)28-13-27-19;1-18(2,3)29-17(25)23-4-5-24-10(7-23)8-28-12-6-11(19(26)27)14(20)15-13(12)16(24)22-9-21-15/h10,13-14H,8-9,11-12H2,1-7H3;6,9-10,26-27H,4-5,7-8H2,1-3H3/t14-;10-/m00/s1. The Labute approximate surface area is 370 Å². The lowest BCUT2D eigenvalue weighted by atomic mass is 9.78. The summed E-state index contributed by atoms with van der Waals surface area (Å²) in [5.41, 5.74) is -2.35. The molecular weight excluding hydrogens is 836 g/mol. The average Bonchev–Trinajstić information content (AvgIpc) is 3.31. The maximum Gasteiger partial charge on any atom is 0.498 e. The van der Waals surface area contributed by atoms with Crippen LogP contribution < -0.4 is 30.2 Å². The van der Waals surface area contributed by atoms with Gasteiger partial charge in [-0.05, 0) is 81.4 Å². The highest BCUT2D eigenvalue weighted by atomic mass is 19.1. The van der Waals surface area contributed by atoms with Crippen LogP contribution in [0.5, 0.6) is 11.5 Å². The van der Waals surface area contributed by atoms with Gasteiger partial charge in [-0.1, -0.05) is 0 Å². The number of amides is 2. The van der Waals surface area contributed by atoms with Gasteiger partial charge >= 0.3 is 26.4 Å². The summed E-state index contributed by atoms with van der Waals surface area (Å²) >= 11 is 0. The minimum Gasteiger partial charge on any atom is -0.491 e. The number of hydrogen-bond acceptors (Lipinski definition) is 16. The molecule has 2 atom stereocenters. The zero-order valence-corrected chi connectivity index (χ0v) is 37.8. The van der Waals surface area contributed by atoms with Crippen LogP contribution >= 0.6 is 0 Å². The van der Waals surface area contributed by atoms with Crippen LogP contribution in [0.25, 0.3) is 21.8 Å². The number of piperazine rings is 2. The smallest absolute Gasteiger partial charge is 0.491 e. The van der Waals surface area contributed by atoms with Crippen molar-refractivity contribution in [2.24, 2.45) is 0 Å². The molecule has 2 aromatic carbocycles. The van der Waals surface area contributed by atoms with Gasteiger partial charge in [-0.15, -0.1) is 0 Å². The van der Waals surface area contributed by atoms with Gasteiger partial charge in [0.1, 0.15) is 82.9 Å². The van der Waals surface area contributed by atoms with Crippen LogP contribution in [0.1, 0.15) is 69.2 Å². The third-order valence-electron chi connectivity index (χ3n) is 12.1.